The second-order valence-corrected chi connectivity index (χ2v) is 3.83. The predicted octanol–water partition coefficient (Wildman–Crippen LogP) is 2.64. The van der Waals surface area contributed by atoms with Gasteiger partial charge in [-0.1, -0.05) is 0 Å². The number of rotatable bonds is 4. The lowest BCUT2D eigenvalue weighted by Crippen LogP contribution is -1.91. The Hall–Kier alpha value is -2.69. The van der Waals surface area contributed by atoms with Crippen molar-refractivity contribution in [3.63, 3.8) is 0 Å². The molecule has 0 amide bonds. The minimum absolute atomic E-state index is 0.451. The van der Waals surface area contributed by atoms with Gasteiger partial charge in [0.1, 0.15) is 17.3 Å². The number of nitrogens with two attached hydrogens (primary N) is 1. The van der Waals surface area contributed by atoms with Crippen molar-refractivity contribution in [1.29, 1.82) is 0 Å². The number of hydrogen-bond donors (Lipinski definition) is 2. The fourth-order valence-electron chi connectivity index (χ4n) is 1.63. The summed E-state index contributed by atoms with van der Waals surface area (Å²) in [5.41, 5.74) is 7.17. The maximum absolute atomic E-state index is 10.4. The van der Waals surface area contributed by atoms with E-state index >= 15 is 0 Å². The van der Waals surface area contributed by atoms with E-state index in [0.29, 0.717) is 23.0 Å². The number of carboxylic acid groups (broad SMARTS) is 1. The van der Waals surface area contributed by atoms with Gasteiger partial charge in [-0.3, -0.25) is 0 Å². The van der Waals surface area contributed by atoms with Gasteiger partial charge in [0, 0.05) is 23.4 Å². The van der Waals surface area contributed by atoms with E-state index in [2.05, 4.69) is 0 Å². The summed E-state index contributed by atoms with van der Waals surface area (Å²) < 4.78 is 10.6. The van der Waals surface area contributed by atoms with Crippen LogP contribution in [-0.2, 0) is 4.79 Å². The van der Waals surface area contributed by atoms with Crippen LogP contribution in [0.4, 0.5) is 5.69 Å². The zero-order chi connectivity index (χ0) is 13.8. The van der Waals surface area contributed by atoms with E-state index < -0.39 is 5.97 Å². The van der Waals surface area contributed by atoms with Crippen molar-refractivity contribution >= 4 is 17.7 Å². The van der Waals surface area contributed by atoms with Gasteiger partial charge in [0.15, 0.2) is 0 Å². The number of furan rings is 1. The van der Waals surface area contributed by atoms with Crippen molar-refractivity contribution in [3.05, 3.63) is 42.2 Å². The highest BCUT2D eigenvalue weighted by Gasteiger charge is 2.08. The van der Waals surface area contributed by atoms with Gasteiger partial charge in [0.05, 0.1) is 7.11 Å². The first-order chi connectivity index (χ1) is 9.10. The molecule has 5 heteroatoms. The number of nitrogen functional groups attached to an aromatic ring is 1. The van der Waals surface area contributed by atoms with Gasteiger partial charge < -0.3 is 20.0 Å². The third-order valence-corrected chi connectivity index (χ3v) is 2.54. The highest BCUT2D eigenvalue weighted by molar-refractivity contribution is 5.85. The molecule has 0 aliphatic carbocycles. The molecule has 1 aromatic carbocycles. The molecule has 0 saturated heterocycles. The van der Waals surface area contributed by atoms with Gasteiger partial charge in [-0.2, -0.15) is 0 Å². The molecule has 0 unspecified atom stereocenters. The Kier molecular flexibility index (Phi) is 3.56. The van der Waals surface area contributed by atoms with Gasteiger partial charge in [0.2, 0.25) is 0 Å². The van der Waals surface area contributed by atoms with Crippen LogP contribution in [0.2, 0.25) is 0 Å². The fourth-order valence-corrected chi connectivity index (χ4v) is 1.63. The largest absolute Gasteiger partial charge is 0.497 e. The van der Waals surface area contributed by atoms with E-state index in [-0.39, 0.29) is 0 Å². The van der Waals surface area contributed by atoms with Crippen molar-refractivity contribution in [2.45, 2.75) is 0 Å². The normalized spacial score (nSPS) is 10.8. The summed E-state index contributed by atoms with van der Waals surface area (Å²) in [5.74, 6) is 0.665. The molecule has 0 atom stereocenters. The lowest BCUT2D eigenvalue weighted by Gasteiger charge is -2.05. The Labute approximate surface area is 109 Å². The molecule has 3 N–H and O–H groups in total. The molecule has 19 heavy (non-hydrogen) atoms. The topological polar surface area (TPSA) is 85.7 Å². The monoisotopic (exact) mass is 259 g/mol. The zero-order valence-corrected chi connectivity index (χ0v) is 10.3. The van der Waals surface area contributed by atoms with Crippen LogP contribution in [0.5, 0.6) is 5.75 Å². The number of benzene rings is 1. The molecular formula is C14H13NO4. The summed E-state index contributed by atoms with van der Waals surface area (Å²) >= 11 is 0. The molecule has 5 nitrogen and oxygen atoms in total. The van der Waals surface area contributed by atoms with Crippen LogP contribution in [0.25, 0.3) is 17.4 Å². The standard InChI is InChI=1S/C14H13NO4/c1-18-10-2-5-11(12(15)8-10)13-6-3-9(19-13)4-7-14(16)17/h2-8H,15H2,1H3,(H,16,17)/b7-4+. The second kappa shape index (κ2) is 5.30. The van der Waals surface area contributed by atoms with E-state index in [1.165, 1.54) is 6.08 Å². The summed E-state index contributed by atoms with van der Waals surface area (Å²) in [5, 5.41) is 8.54. The van der Waals surface area contributed by atoms with Gasteiger partial charge >= 0.3 is 5.97 Å². The third-order valence-electron chi connectivity index (χ3n) is 2.54. The van der Waals surface area contributed by atoms with Crippen molar-refractivity contribution < 1.29 is 19.1 Å². The first-order valence-corrected chi connectivity index (χ1v) is 5.55. The van der Waals surface area contributed by atoms with Crippen LogP contribution in [0.15, 0.2) is 40.8 Å². The minimum atomic E-state index is -1.03. The van der Waals surface area contributed by atoms with E-state index in [1.807, 2.05) is 0 Å². The molecule has 0 spiro atoms. The minimum Gasteiger partial charge on any atom is -0.497 e. The Bertz CT molecular complexity index is 628. The Morgan fingerprint density at radius 2 is 2.16 bits per heavy atom. The average molecular weight is 259 g/mol. The van der Waals surface area contributed by atoms with E-state index in [9.17, 15) is 4.79 Å². The summed E-state index contributed by atoms with van der Waals surface area (Å²) in [7, 11) is 1.57. The number of methoxy groups -OCH3 is 1. The highest BCUT2D eigenvalue weighted by Crippen LogP contribution is 2.30. The maximum Gasteiger partial charge on any atom is 0.328 e. The molecule has 0 aliphatic rings. The molecule has 98 valence electrons. The number of hydrogen-bond acceptors (Lipinski definition) is 4. The van der Waals surface area contributed by atoms with Crippen LogP contribution in [-0.4, -0.2) is 18.2 Å². The maximum atomic E-state index is 10.4. The molecule has 2 rings (SSSR count). The van der Waals surface area contributed by atoms with Crippen molar-refractivity contribution in [1.82, 2.24) is 0 Å². The zero-order valence-electron chi connectivity index (χ0n) is 10.3. The Morgan fingerprint density at radius 3 is 2.79 bits per heavy atom. The van der Waals surface area contributed by atoms with Crippen LogP contribution >= 0.6 is 0 Å². The SMILES string of the molecule is COc1ccc(-c2ccc(/C=C/C(=O)O)o2)c(N)c1. The van der Waals surface area contributed by atoms with Crippen LogP contribution < -0.4 is 10.5 Å². The fraction of sp³-hybridized carbons (Fsp3) is 0.0714. The Balaban J connectivity index is 2.30. The van der Waals surface area contributed by atoms with Gasteiger partial charge in [0.25, 0.3) is 0 Å². The summed E-state index contributed by atoms with van der Waals surface area (Å²) in [4.78, 5) is 10.4. The van der Waals surface area contributed by atoms with Crippen LogP contribution in [0, 0.1) is 0 Å². The molecule has 2 aromatic rings. The quantitative estimate of drug-likeness (QED) is 0.651. The van der Waals surface area contributed by atoms with E-state index in [4.69, 9.17) is 20.0 Å². The van der Waals surface area contributed by atoms with Crippen molar-refractivity contribution in [2.75, 3.05) is 12.8 Å². The number of carboxylic acids is 1. The molecule has 0 saturated carbocycles. The van der Waals surface area contributed by atoms with E-state index in [0.717, 1.165) is 11.6 Å². The molecule has 0 radical (unpaired) electrons. The molecule has 1 aromatic heterocycles. The average Bonchev–Trinajstić information content (AvgIpc) is 2.84. The van der Waals surface area contributed by atoms with Crippen LogP contribution in [0.1, 0.15) is 5.76 Å². The number of carbonyl (C=O) groups is 1. The summed E-state index contributed by atoms with van der Waals surface area (Å²) in [6, 6.07) is 8.68. The first-order valence-electron chi connectivity index (χ1n) is 5.55. The second-order valence-electron chi connectivity index (χ2n) is 3.83. The van der Waals surface area contributed by atoms with Gasteiger partial charge in [-0.05, 0) is 30.3 Å². The van der Waals surface area contributed by atoms with Crippen molar-refractivity contribution in [2.24, 2.45) is 0 Å². The molecular weight excluding hydrogens is 246 g/mol. The number of anilines is 1. The van der Waals surface area contributed by atoms with E-state index in [1.54, 1.807) is 37.4 Å². The lowest BCUT2D eigenvalue weighted by molar-refractivity contribution is -0.131. The smallest absolute Gasteiger partial charge is 0.328 e. The molecule has 0 bridgehead atoms. The molecule has 1 heterocycles. The summed E-state index contributed by atoms with van der Waals surface area (Å²) in [6.45, 7) is 0. The van der Waals surface area contributed by atoms with Gasteiger partial charge in [-0.25, -0.2) is 4.79 Å². The first kappa shape index (κ1) is 12.8. The number of aliphatic carboxylic acids is 1. The Morgan fingerprint density at radius 1 is 1.37 bits per heavy atom. The molecule has 0 fully saturated rings. The number of ether oxygens (including phenoxy) is 1. The molecule has 0 aliphatic heterocycles. The lowest BCUT2D eigenvalue weighted by atomic mass is 10.1. The van der Waals surface area contributed by atoms with Crippen LogP contribution in [0.3, 0.4) is 0 Å². The predicted molar refractivity (Wildman–Crippen MR) is 71.8 cm³/mol. The summed E-state index contributed by atoms with van der Waals surface area (Å²) in [6.07, 6.45) is 2.39. The highest BCUT2D eigenvalue weighted by atomic mass is 16.5. The third kappa shape index (κ3) is 2.95. The van der Waals surface area contributed by atoms with Crippen molar-refractivity contribution in [3.8, 4) is 17.1 Å². The van der Waals surface area contributed by atoms with Gasteiger partial charge in [-0.15, -0.1) is 0 Å².